The van der Waals surface area contributed by atoms with Gasteiger partial charge in [0.15, 0.2) is 5.96 Å². The van der Waals surface area contributed by atoms with Crippen LogP contribution in [0.3, 0.4) is 0 Å². The first-order valence-corrected chi connectivity index (χ1v) is 8.11. The Morgan fingerprint density at radius 2 is 2.30 bits per heavy atom. The minimum absolute atomic E-state index is 0. The normalized spacial score (nSPS) is 19.0. The van der Waals surface area contributed by atoms with Gasteiger partial charge >= 0.3 is 0 Å². The molecule has 1 atom stereocenters. The number of imidazole rings is 1. The van der Waals surface area contributed by atoms with Gasteiger partial charge in [-0.25, -0.2) is 4.98 Å². The molecule has 3 rings (SSSR count). The highest BCUT2D eigenvalue weighted by Gasteiger charge is 2.17. The first kappa shape index (κ1) is 18.0. The van der Waals surface area contributed by atoms with Crippen LogP contribution >= 0.6 is 24.0 Å². The number of hydrogen-bond acceptors (Lipinski definition) is 2. The van der Waals surface area contributed by atoms with Crippen molar-refractivity contribution in [1.29, 1.82) is 0 Å². The molecule has 1 aliphatic heterocycles. The third-order valence-corrected chi connectivity index (χ3v) is 4.35. The lowest BCUT2D eigenvalue weighted by atomic mass is 10.0. The number of aromatic nitrogens is 2. The number of rotatable bonds is 3. The molecule has 126 valence electrons. The number of fused-ring (bicyclic) bond motifs is 1. The van der Waals surface area contributed by atoms with Crippen LogP contribution < -0.4 is 5.73 Å². The summed E-state index contributed by atoms with van der Waals surface area (Å²) in [5.41, 5.74) is 9.41. The predicted octanol–water partition coefficient (Wildman–Crippen LogP) is 2.85. The monoisotopic (exact) mass is 427 g/mol. The molecule has 3 heterocycles. The molecule has 1 saturated heterocycles. The van der Waals surface area contributed by atoms with Gasteiger partial charge < -0.3 is 15.0 Å². The average Bonchev–Trinajstić information content (AvgIpc) is 2.91. The zero-order valence-corrected chi connectivity index (χ0v) is 16.2. The van der Waals surface area contributed by atoms with E-state index < -0.39 is 0 Å². The van der Waals surface area contributed by atoms with Gasteiger partial charge in [0.25, 0.3) is 0 Å². The molecule has 0 aliphatic carbocycles. The molecular weight excluding hydrogens is 401 g/mol. The Morgan fingerprint density at radius 3 is 3.04 bits per heavy atom. The Labute approximate surface area is 155 Å². The number of nitrogens with two attached hydrogens (primary N) is 1. The maximum absolute atomic E-state index is 6.12. The van der Waals surface area contributed by atoms with Crippen molar-refractivity contribution in [3.05, 3.63) is 35.8 Å². The van der Waals surface area contributed by atoms with Gasteiger partial charge in [0.1, 0.15) is 5.65 Å². The smallest absolute Gasteiger partial charge is 0.191 e. The molecule has 23 heavy (non-hydrogen) atoms. The number of piperidine rings is 1. The Bertz CT molecular complexity index is 679. The van der Waals surface area contributed by atoms with E-state index in [9.17, 15) is 0 Å². The van der Waals surface area contributed by atoms with E-state index in [1.54, 1.807) is 0 Å². The second kappa shape index (κ2) is 7.99. The SMILES string of the molecule is Cc1cccn2cc(CCN=C(N)N3CCCC(C)C3)nc12.I. The summed E-state index contributed by atoms with van der Waals surface area (Å²) in [4.78, 5) is 11.4. The van der Waals surface area contributed by atoms with E-state index in [1.165, 1.54) is 18.4 Å². The molecule has 0 amide bonds. The molecule has 1 fully saturated rings. The zero-order chi connectivity index (χ0) is 15.5. The summed E-state index contributed by atoms with van der Waals surface area (Å²) in [6, 6.07) is 4.13. The van der Waals surface area contributed by atoms with Crippen molar-refractivity contribution in [2.24, 2.45) is 16.6 Å². The van der Waals surface area contributed by atoms with E-state index in [0.29, 0.717) is 18.4 Å². The van der Waals surface area contributed by atoms with Gasteiger partial charge in [-0.2, -0.15) is 0 Å². The third kappa shape index (κ3) is 4.37. The van der Waals surface area contributed by atoms with Crippen LogP contribution in [0.15, 0.2) is 29.5 Å². The summed E-state index contributed by atoms with van der Waals surface area (Å²) >= 11 is 0. The average molecular weight is 427 g/mol. The predicted molar refractivity (Wildman–Crippen MR) is 106 cm³/mol. The van der Waals surface area contributed by atoms with Crippen molar-refractivity contribution in [2.45, 2.75) is 33.1 Å². The van der Waals surface area contributed by atoms with Crippen LogP contribution in [-0.4, -0.2) is 39.9 Å². The van der Waals surface area contributed by atoms with Crippen LogP contribution in [0.25, 0.3) is 5.65 Å². The number of aryl methyl sites for hydroxylation is 1. The topological polar surface area (TPSA) is 58.9 Å². The Hall–Kier alpha value is -1.31. The molecule has 2 N–H and O–H groups in total. The first-order chi connectivity index (χ1) is 10.6. The maximum atomic E-state index is 6.12. The van der Waals surface area contributed by atoms with Gasteiger partial charge in [0, 0.05) is 38.4 Å². The number of halogens is 1. The fraction of sp³-hybridized carbons (Fsp3) is 0.529. The molecule has 0 bridgehead atoms. The van der Waals surface area contributed by atoms with E-state index >= 15 is 0 Å². The third-order valence-electron chi connectivity index (χ3n) is 4.35. The molecule has 5 nitrogen and oxygen atoms in total. The van der Waals surface area contributed by atoms with Crippen LogP contribution in [0.2, 0.25) is 0 Å². The minimum atomic E-state index is 0. The summed E-state index contributed by atoms with van der Waals surface area (Å²) in [7, 11) is 0. The molecule has 2 aromatic rings. The minimum Gasteiger partial charge on any atom is -0.370 e. The molecule has 1 unspecified atom stereocenters. The summed E-state index contributed by atoms with van der Waals surface area (Å²) in [5, 5.41) is 0. The molecule has 1 aliphatic rings. The van der Waals surface area contributed by atoms with Crippen LogP contribution in [0.4, 0.5) is 0 Å². The molecule has 6 heteroatoms. The first-order valence-electron chi connectivity index (χ1n) is 8.11. The van der Waals surface area contributed by atoms with Crippen LogP contribution in [0, 0.1) is 12.8 Å². The molecular formula is C17H26IN5. The van der Waals surface area contributed by atoms with Crippen molar-refractivity contribution in [1.82, 2.24) is 14.3 Å². The van der Waals surface area contributed by atoms with Crippen molar-refractivity contribution < 1.29 is 0 Å². The molecule has 2 aromatic heterocycles. The van der Waals surface area contributed by atoms with E-state index in [-0.39, 0.29) is 24.0 Å². The zero-order valence-electron chi connectivity index (χ0n) is 13.9. The second-order valence-electron chi connectivity index (χ2n) is 6.34. The summed E-state index contributed by atoms with van der Waals surface area (Å²) < 4.78 is 2.07. The lowest BCUT2D eigenvalue weighted by Crippen LogP contribution is -2.43. The standard InChI is InChI=1S/C17H25N5.HI/c1-13-5-3-10-22(11-13)17(18)19-8-7-15-12-21-9-4-6-14(2)16(21)20-15;/h4,6,9,12-13H,3,5,7-8,10-11H2,1-2H3,(H2,18,19);1H. The van der Waals surface area contributed by atoms with Crippen molar-refractivity contribution in [3.8, 4) is 0 Å². The molecule has 0 aromatic carbocycles. The van der Waals surface area contributed by atoms with Crippen LogP contribution in [0.5, 0.6) is 0 Å². The summed E-state index contributed by atoms with van der Waals surface area (Å²) in [6.45, 7) is 7.12. The Balaban J connectivity index is 0.00000192. The van der Waals surface area contributed by atoms with Gasteiger partial charge in [-0.05, 0) is 37.3 Å². The number of pyridine rings is 1. The lowest BCUT2D eigenvalue weighted by Gasteiger charge is -2.31. The fourth-order valence-electron chi connectivity index (χ4n) is 3.11. The van der Waals surface area contributed by atoms with Crippen molar-refractivity contribution >= 4 is 35.6 Å². The van der Waals surface area contributed by atoms with Gasteiger partial charge in [0.2, 0.25) is 0 Å². The van der Waals surface area contributed by atoms with Crippen molar-refractivity contribution in [2.75, 3.05) is 19.6 Å². The lowest BCUT2D eigenvalue weighted by molar-refractivity contribution is 0.270. The highest BCUT2D eigenvalue weighted by molar-refractivity contribution is 14.0. The fourth-order valence-corrected chi connectivity index (χ4v) is 3.11. The van der Waals surface area contributed by atoms with Crippen molar-refractivity contribution in [3.63, 3.8) is 0 Å². The van der Waals surface area contributed by atoms with Gasteiger partial charge in [-0.1, -0.05) is 13.0 Å². The molecule has 0 saturated carbocycles. The Kier molecular flexibility index (Phi) is 6.26. The quantitative estimate of drug-likeness (QED) is 0.466. The second-order valence-corrected chi connectivity index (χ2v) is 6.34. The number of aliphatic imine (C=N–C) groups is 1. The van der Waals surface area contributed by atoms with Gasteiger partial charge in [0.05, 0.1) is 5.69 Å². The van der Waals surface area contributed by atoms with E-state index in [1.807, 2.05) is 12.3 Å². The Morgan fingerprint density at radius 1 is 1.48 bits per heavy atom. The van der Waals surface area contributed by atoms with Crippen LogP contribution in [-0.2, 0) is 6.42 Å². The number of likely N-dealkylation sites (tertiary alicyclic amines) is 1. The molecule has 0 spiro atoms. The van der Waals surface area contributed by atoms with E-state index in [2.05, 4.69) is 45.4 Å². The number of guanidine groups is 1. The largest absolute Gasteiger partial charge is 0.370 e. The summed E-state index contributed by atoms with van der Waals surface area (Å²) in [5.74, 6) is 1.40. The molecule has 0 radical (unpaired) electrons. The highest BCUT2D eigenvalue weighted by Crippen LogP contribution is 2.15. The van der Waals surface area contributed by atoms with Gasteiger partial charge in [-0.3, -0.25) is 4.99 Å². The number of hydrogen-bond donors (Lipinski definition) is 1. The van der Waals surface area contributed by atoms with E-state index in [0.717, 1.165) is 30.9 Å². The highest BCUT2D eigenvalue weighted by atomic mass is 127. The maximum Gasteiger partial charge on any atom is 0.191 e. The number of nitrogens with zero attached hydrogens (tertiary/aromatic N) is 4. The van der Waals surface area contributed by atoms with Gasteiger partial charge in [-0.15, -0.1) is 24.0 Å². The van der Waals surface area contributed by atoms with Crippen LogP contribution in [0.1, 0.15) is 31.0 Å². The summed E-state index contributed by atoms with van der Waals surface area (Å²) in [6.07, 6.45) is 7.45. The van der Waals surface area contributed by atoms with E-state index in [4.69, 9.17) is 5.73 Å².